The van der Waals surface area contributed by atoms with E-state index in [9.17, 15) is 9.59 Å². The maximum absolute atomic E-state index is 12.0. The smallest absolute Gasteiger partial charge is 0.271 e. The second-order valence-electron chi connectivity index (χ2n) is 4.91. The summed E-state index contributed by atoms with van der Waals surface area (Å²) in [6.45, 7) is 1.77. The van der Waals surface area contributed by atoms with Crippen LogP contribution in [-0.4, -0.2) is 18.0 Å². The molecule has 0 spiro atoms. The first-order chi connectivity index (χ1) is 11.6. The minimum atomic E-state index is -0.353. The molecule has 0 saturated carbocycles. The molecule has 0 radical (unpaired) electrons. The molecule has 0 aromatic heterocycles. The Morgan fingerprint density at radius 2 is 1.79 bits per heavy atom. The predicted molar refractivity (Wildman–Crippen MR) is 91.6 cm³/mol. The van der Waals surface area contributed by atoms with Gasteiger partial charge in [0, 0.05) is 17.7 Å². The highest BCUT2D eigenvalue weighted by molar-refractivity contribution is 5.96. The number of benzene rings is 2. The Labute approximate surface area is 139 Å². The maximum atomic E-state index is 12.0. The molecule has 0 aliphatic rings. The van der Waals surface area contributed by atoms with E-state index in [1.165, 1.54) is 6.21 Å². The van der Waals surface area contributed by atoms with E-state index < -0.39 is 0 Å². The normalized spacial score (nSPS) is 10.2. The van der Waals surface area contributed by atoms with Crippen LogP contribution in [0.15, 0.2) is 53.6 Å². The van der Waals surface area contributed by atoms with Crippen LogP contribution in [0.3, 0.4) is 0 Å². The standard InChI is InChI=1S/C18H16N4O2/c1-2-17(23)21-16-9-7-15(8-10-16)18(24)22-20-12-14-5-3-13(11-19)4-6-14/h3-10,12H,2H2,1H3,(H,21,23)(H,22,24)/b20-12+. The molecule has 0 unspecified atom stereocenters. The SMILES string of the molecule is CCC(=O)Nc1ccc(C(=O)N/N=C/c2ccc(C#N)cc2)cc1. The van der Waals surface area contributed by atoms with Crippen LogP contribution in [0.1, 0.15) is 34.8 Å². The number of rotatable bonds is 5. The van der Waals surface area contributed by atoms with E-state index in [2.05, 4.69) is 15.8 Å². The zero-order valence-electron chi connectivity index (χ0n) is 13.1. The maximum Gasteiger partial charge on any atom is 0.271 e. The number of anilines is 1. The van der Waals surface area contributed by atoms with Gasteiger partial charge < -0.3 is 5.32 Å². The van der Waals surface area contributed by atoms with Gasteiger partial charge in [0.05, 0.1) is 17.8 Å². The molecule has 0 fully saturated rings. The Bertz CT molecular complexity index is 787. The number of nitrogens with one attached hydrogen (secondary N) is 2. The monoisotopic (exact) mass is 320 g/mol. The fourth-order valence-electron chi connectivity index (χ4n) is 1.83. The predicted octanol–water partition coefficient (Wildman–Crippen LogP) is 2.67. The molecule has 120 valence electrons. The Morgan fingerprint density at radius 3 is 2.38 bits per heavy atom. The Balaban J connectivity index is 1.93. The summed E-state index contributed by atoms with van der Waals surface area (Å²) in [7, 11) is 0. The fraction of sp³-hybridized carbons (Fsp3) is 0.111. The van der Waals surface area contributed by atoms with Gasteiger partial charge in [0.2, 0.25) is 5.91 Å². The number of hydrogen-bond donors (Lipinski definition) is 2. The first-order valence-electron chi connectivity index (χ1n) is 7.36. The first kappa shape index (κ1) is 16.9. The molecule has 2 amide bonds. The number of nitriles is 1. The van der Waals surface area contributed by atoms with Gasteiger partial charge >= 0.3 is 0 Å². The molecular formula is C18H16N4O2. The molecule has 24 heavy (non-hydrogen) atoms. The van der Waals surface area contributed by atoms with Gasteiger partial charge in [-0.2, -0.15) is 10.4 Å². The van der Waals surface area contributed by atoms with E-state index in [1.54, 1.807) is 55.5 Å². The minimum absolute atomic E-state index is 0.0841. The highest BCUT2D eigenvalue weighted by atomic mass is 16.2. The van der Waals surface area contributed by atoms with Crippen LogP contribution in [0.5, 0.6) is 0 Å². The number of carbonyl (C=O) groups excluding carboxylic acids is 2. The van der Waals surface area contributed by atoms with Crippen molar-refractivity contribution < 1.29 is 9.59 Å². The lowest BCUT2D eigenvalue weighted by Gasteiger charge is -2.04. The van der Waals surface area contributed by atoms with E-state index in [0.29, 0.717) is 23.2 Å². The molecule has 0 aliphatic carbocycles. The summed E-state index contributed by atoms with van der Waals surface area (Å²) < 4.78 is 0. The molecule has 0 aliphatic heterocycles. The van der Waals surface area contributed by atoms with Crippen LogP contribution in [0, 0.1) is 11.3 Å². The second-order valence-corrected chi connectivity index (χ2v) is 4.91. The van der Waals surface area contributed by atoms with Gasteiger partial charge in [-0.3, -0.25) is 9.59 Å². The molecular weight excluding hydrogens is 304 g/mol. The summed E-state index contributed by atoms with van der Waals surface area (Å²) in [5, 5.41) is 15.3. The van der Waals surface area contributed by atoms with Gasteiger partial charge in [0.1, 0.15) is 0 Å². The van der Waals surface area contributed by atoms with Crippen molar-refractivity contribution in [2.24, 2.45) is 5.10 Å². The van der Waals surface area contributed by atoms with Gasteiger partial charge in [-0.15, -0.1) is 0 Å². The van der Waals surface area contributed by atoms with Gasteiger partial charge in [0.15, 0.2) is 0 Å². The molecule has 0 heterocycles. The number of hydrazone groups is 1. The van der Waals surface area contributed by atoms with Crippen LogP contribution in [0.4, 0.5) is 5.69 Å². The number of nitrogens with zero attached hydrogens (tertiary/aromatic N) is 2. The van der Waals surface area contributed by atoms with Crippen LogP contribution in [0.25, 0.3) is 0 Å². The number of amides is 2. The quantitative estimate of drug-likeness (QED) is 0.655. The van der Waals surface area contributed by atoms with Gasteiger partial charge in [-0.1, -0.05) is 19.1 Å². The lowest BCUT2D eigenvalue weighted by atomic mass is 10.2. The third-order valence-corrected chi connectivity index (χ3v) is 3.17. The third-order valence-electron chi connectivity index (χ3n) is 3.17. The average Bonchev–Trinajstić information content (AvgIpc) is 2.62. The lowest BCUT2D eigenvalue weighted by Crippen LogP contribution is -2.17. The van der Waals surface area contributed by atoms with Crippen LogP contribution < -0.4 is 10.7 Å². The Kier molecular flexibility index (Phi) is 5.81. The van der Waals surface area contributed by atoms with Crippen molar-refractivity contribution in [2.45, 2.75) is 13.3 Å². The largest absolute Gasteiger partial charge is 0.326 e. The molecule has 2 aromatic rings. The Hall–Kier alpha value is -3.46. The van der Waals surface area contributed by atoms with Crippen molar-refractivity contribution in [3.8, 4) is 6.07 Å². The third kappa shape index (κ3) is 4.78. The fourth-order valence-corrected chi connectivity index (χ4v) is 1.83. The van der Waals surface area contributed by atoms with E-state index in [1.807, 2.05) is 6.07 Å². The van der Waals surface area contributed by atoms with E-state index in [0.717, 1.165) is 5.56 Å². The summed E-state index contributed by atoms with van der Waals surface area (Å²) >= 11 is 0. The molecule has 0 bridgehead atoms. The van der Waals surface area contributed by atoms with Crippen molar-refractivity contribution in [3.05, 3.63) is 65.2 Å². The zero-order chi connectivity index (χ0) is 17.4. The van der Waals surface area contributed by atoms with Crippen molar-refractivity contribution in [1.29, 1.82) is 5.26 Å². The number of carbonyl (C=O) groups is 2. The summed E-state index contributed by atoms with van der Waals surface area (Å²) in [6.07, 6.45) is 1.89. The highest BCUT2D eigenvalue weighted by Gasteiger charge is 2.05. The summed E-state index contributed by atoms with van der Waals surface area (Å²) in [5.74, 6) is -0.438. The second kappa shape index (κ2) is 8.25. The molecule has 2 N–H and O–H groups in total. The zero-order valence-corrected chi connectivity index (χ0v) is 13.1. The van der Waals surface area contributed by atoms with Gasteiger partial charge in [-0.05, 0) is 42.0 Å². The molecule has 2 aromatic carbocycles. The minimum Gasteiger partial charge on any atom is -0.326 e. The van der Waals surface area contributed by atoms with Gasteiger partial charge in [0.25, 0.3) is 5.91 Å². The summed E-state index contributed by atoms with van der Waals surface area (Å²) in [4.78, 5) is 23.3. The van der Waals surface area contributed by atoms with E-state index >= 15 is 0 Å². The molecule has 2 rings (SSSR count). The van der Waals surface area contributed by atoms with Crippen molar-refractivity contribution in [2.75, 3.05) is 5.32 Å². The molecule has 6 nitrogen and oxygen atoms in total. The van der Waals surface area contributed by atoms with Crippen molar-refractivity contribution in [1.82, 2.24) is 5.43 Å². The first-order valence-corrected chi connectivity index (χ1v) is 7.36. The average molecular weight is 320 g/mol. The topological polar surface area (TPSA) is 94.3 Å². The van der Waals surface area contributed by atoms with Gasteiger partial charge in [-0.25, -0.2) is 5.43 Å². The highest BCUT2D eigenvalue weighted by Crippen LogP contribution is 2.10. The van der Waals surface area contributed by atoms with E-state index in [-0.39, 0.29) is 11.8 Å². The summed E-state index contributed by atoms with van der Waals surface area (Å²) in [6, 6.07) is 15.4. The molecule has 6 heteroatoms. The van der Waals surface area contributed by atoms with Crippen LogP contribution in [0.2, 0.25) is 0 Å². The molecule has 0 atom stereocenters. The lowest BCUT2D eigenvalue weighted by molar-refractivity contribution is -0.115. The molecule has 0 saturated heterocycles. The van der Waals surface area contributed by atoms with Crippen molar-refractivity contribution in [3.63, 3.8) is 0 Å². The Morgan fingerprint density at radius 1 is 1.12 bits per heavy atom. The number of hydrogen-bond acceptors (Lipinski definition) is 4. The van der Waals surface area contributed by atoms with Crippen LogP contribution in [-0.2, 0) is 4.79 Å². The van der Waals surface area contributed by atoms with E-state index in [4.69, 9.17) is 5.26 Å². The van der Waals surface area contributed by atoms with Crippen LogP contribution >= 0.6 is 0 Å². The summed E-state index contributed by atoms with van der Waals surface area (Å²) in [5.41, 5.74) is 4.83. The van der Waals surface area contributed by atoms with Crippen molar-refractivity contribution >= 4 is 23.7 Å².